The van der Waals surface area contributed by atoms with Gasteiger partial charge in [-0.25, -0.2) is 0 Å². The Hall–Kier alpha value is -4.37. The van der Waals surface area contributed by atoms with Crippen molar-refractivity contribution in [2.45, 2.75) is 32.7 Å². The van der Waals surface area contributed by atoms with Crippen LogP contribution >= 0.6 is 0 Å². The average Bonchev–Trinajstić information content (AvgIpc) is 3.14. The minimum absolute atomic E-state index is 0.0180. The Morgan fingerprint density at radius 2 is 1.74 bits per heavy atom. The molecule has 6 heteroatoms. The number of nitriles is 1. The topological polar surface area (TPSA) is 90.6 Å². The number of nitrogens with zero attached hydrogens (tertiary/aromatic N) is 2. The van der Waals surface area contributed by atoms with Crippen molar-refractivity contribution in [3.05, 3.63) is 101 Å². The van der Waals surface area contributed by atoms with E-state index in [0.717, 1.165) is 11.3 Å². The summed E-state index contributed by atoms with van der Waals surface area (Å²) >= 11 is 0. The second-order valence-corrected chi connectivity index (χ2v) is 8.58. The molecule has 176 valence electrons. The van der Waals surface area contributed by atoms with E-state index in [2.05, 4.69) is 6.07 Å². The number of carbonyl (C=O) groups excluding carboxylic acids is 2. The lowest BCUT2D eigenvalue weighted by atomic mass is 9.93. The first-order valence-corrected chi connectivity index (χ1v) is 11.5. The van der Waals surface area contributed by atoms with Crippen molar-refractivity contribution in [2.75, 3.05) is 11.5 Å². The van der Waals surface area contributed by atoms with E-state index in [0.29, 0.717) is 29.0 Å². The van der Waals surface area contributed by atoms with Crippen LogP contribution in [0.3, 0.4) is 0 Å². The molecule has 0 aromatic heterocycles. The summed E-state index contributed by atoms with van der Waals surface area (Å²) in [5.74, 6) is -0.897. The van der Waals surface area contributed by atoms with E-state index in [1.54, 1.807) is 36.4 Å². The number of aliphatic hydroxyl groups is 1. The van der Waals surface area contributed by atoms with Gasteiger partial charge in [0.2, 0.25) is 0 Å². The Labute approximate surface area is 204 Å². The van der Waals surface area contributed by atoms with Crippen LogP contribution in [0.4, 0.5) is 5.69 Å². The first kappa shape index (κ1) is 23.8. The Morgan fingerprint density at radius 3 is 2.34 bits per heavy atom. The van der Waals surface area contributed by atoms with Gasteiger partial charge in [-0.05, 0) is 66.4 Å². The summed E-state index contributed by atoms with van der Waals surface area (Å²) in [7, 11) is 0. The molecule has 1 unspecified atom stereocenters. The number of Topliss-reactive ketones (excluding diaryl/α,β-unsaturated/α-hetero) is 1. The molecule has 1 fully saturated rings. The Morgan fingerprint density at radius 1 is 1.06 bits per heavy atom. The molecule has 0 aliphatic carbocycles. The second kappa shape index (κ2) is 9.86. The highest BCUT2D eigenvalue weighted by atomic mass is 16.5. The quantitative estimate of drug-likeness (QED) is 0.286. The monoisotopic (exact) mass is 466 g/mol. The van der Waals surface area contributed by atoms with Gasteiger partial charge in [0.15, 0.2) is 0 Å². The minimum atomic E-state index is -0.821. The summed E-state index contributed by atoms with van der Waals surface area (Å²) in [6, 6.07) is 22.1. The highest BCUT2D eigenvalue weighted by molar-refractivity contribution is 6.51. The lowest BCUT2D eigenvalue weighted by Crippen LogP contribution is -2.29. The van der Waals surface area contributed by atoms with Crippen LogP contribution in [0, 0.1) is 11.3 Å². The van der Waals surface area contributed by atoms with Gasteiger partial charge in [0, 0.05) is 11.3 Å². The lowest BCUT2D eigenvalue weighted by molar-refractivity contribution is -0.132. The SMILES string of the molecule is CCOc1ccc(/C(O)=C2/C(=O)C(=O)N(c3ccc(C#N)cc3)C2c2ccccc2)cc1C(C)C. The van der Waals surface area contributed by atoms with Crippen molar-refractivity contribution >= 4 is 23.1 Å². The average molecular weight is 467 g/mol. The van der Waals surface area contributed by atoms with Gasteiger partial charge in [-0.3, -0.25) is 14.5 Å². The molecule has 1 amide bonds. The highest BCUT2D eigenvalue weighted by Gasteiger charge is 2.46. The van der Waals surface area contributed by atoms with Crippen molar-refractivity contribution in [1.29, 1.82) is 5.26 Å². The van der Waals surface area contributed by atoms with E-state index in [1.165, 1.54) is 4.90 Å². The molecule has 35 heavy (non-hydrogen) atoms. The molecule has 3 aromatic carbocycles. The summed E-state index contributed by atoms with van der Waals surface area (Å²) in [6.45, 7) is 6.46. The number of ketones is 1. The standard InChI is InChI=1S/C29H26N2O4/c1-4-35-24-15-12-21(16-23(24)18(2)3)27(32)25-26(20-8-6-5-7-9-20)31(29(34)28(25)33)22-13-10-19(17-30)11-14-22/h5-16,18,26,32H,4H2,1-3H3/b27-25-. The molecule has 1 saturated heterocycles. The van der Waals surface area contributed by atoms with E-state index in [-0.39, 0.29) is 17.3 Å². The van der Waals surface area contributed by atoms with Gasteiger partial charge in [-0.15, -0.1) is 0 Å². The van der Waals surface area contributed by atoms with Crippen LogP contribution in [0.25, 0.3) is 5.76 Å². The van der Waals surface area contributed by atoms with Crippen LogP contribution in [0.5, 0.6) is 5.75 Å². The Kier molecular flexibility index (Phi) is 6.70. The zero-order valence-electron chi connectivity index (χ0n) is 19.9. The Bertz CT molecular complexity index is 1340. The number of rotatable bonds is 6. The Balaban J connectivity index is 1.91. The van der Waals surface area contributed by atoms with Crippen molar-refractivity contribution in [3.8, 4) is 11.8 Å². The molecule has 0 bridgehead atoms. The van der Waals surface area contributed by atoms with Crippen LogP contribution in [0.1, 0.15) is 55.0 Å². The number of benzene rings is 3. The third kappa shape index (κ3) is 4.41. The fourth-order valence-corrected chi connectivity index (χ4v) is 4.34. The van der Waals surface area contributed by atoms with Crippen LogP contribution in [-0.2, 0) is 9.59 Å². The molecular weight excluding hydrogens is 440 g/mol. The van der Waals surface area contributed by atoms with Crippen LogP contribution in [0.15, 0.2) is 78.4 Å². The van der Waals surface area contributed by atoms with Gasteiger partial charge < -0.3 is 9.84 Å². The maximum atomic E-state index is 13.3. The summed E-state index contributed by atoms with van der Waals surface area (Å²) in [4.78, 5) is 27.9. The third-order valence-electron chi connectivity index (χ3n) is 6.04. The van der Waals surface area contributed by atoms with E-state index >= 15 is 0 Å². The lowest BCUT2D eigenvalue weighted by Gasteiger charge is -2.25. The predicted octanol–water partition coefficient (Wildman–Crippen LogP) is 5.71. The van der Waals surface area contributed by atoms with Gasteiger partial charge in [-0.2, -0.15) is 5.26 Å². The van der Waals surface area contributed by atoms with Gasteiger partial charge >= 0.3 is 0 Å². The largest absolute Gasteiger partial charge is 0.507 e. The molecule has 0 spiro atoms. The number of carbonyl (C=O) groups is 2. The van der Waals surface area contributed by atoms with E-state index < -0.39 is 17.7 Å². The molecule has 1 heterocycles. The number of amides is 1. The fraction of sp³-hybridized carbons (Fsp3) is 0.207. The summed E-state index contributed by atoms with van der Waals surface area (Å²) in [5.41, 5.74) is 2.95. The molecule has 3 aromatic rings. The van der Waals surface area contributed by atoms with Crippen LogP contribution in [0.2, 0.25) is 0 Å². The van der Waals surface area contributed by atoms with Crippen molar-refractivity contribution in [3.63, 3.8) is 0 Å². The number of hydrogen-bond acceptors (Lipinski definition) is 5. The zero-order chi connectivity index (χ0) is 25.1. The van der Waals surface area contributed by atoms with Crippen molar-refractivity contribution in [2.24, 2.45) is 0 Å². The normalized spacial score (nSPS) is 17.0. The number of ether oxygens (including phenoxy) is 1. The molecule has 1 aliphatic heterocycles. The van der Waals surface area contributed by atoms with E-state index in [1.807, 2.05) is 57.2 Å². The van der Waals surface area contributed by atoms with Crippen molar-refractivity contribution < 1.29 is 19.4 Å². The van der Waals surface area contributed by atoms with Crippen molar-refractivity contribution in [1.82, 2.24) is 0 Å². The molecule has 1 aliphatic rings. The fourth-order valence-electron chi connectivity index (χ4n) is 4.34. The van der Waals surface area contributed by atoms with Gasteiger partial charge in [-0.1, -0.05) is 44.2 Å². The third-order valence-corrected chi connectivity index (χ3v) is 6.04. The first-order chi connectivity index (χ1) is 16.9. The second-order valence-electron chi connectivity index (χ2n) is 8.58. The van der Waals surface area contributed by atoms with Crippen LogP contribution in [-0.4, -0.2) is 23.4 Å². The number of aliphatic hydroxyl groups excluding tert-OH is 1. The van der Waals surface area contributed by atoms with E-state index in [4.69, 9.17) is 10.00 Å². The molecule has 4 rings (SSSR count). The predicted molar refractivity (Wildman–Crippen MR) is 134 cm³/mol. The molecule has 1 atom stereocenters. The highest BCUT2D eigenvalue weighted by Crippen LogP contribution is 2.42. The van der Waals surface area contributed by atoms with Gasteiger partial charge in [0.1, 0.15) is 11.5 Å². The maximum Gasteiger partial charge on any atom is 0.300 e. The maximum absolute atomic E-state index is 13.3. The van der Waals surface area contributed by atoms with E-state index in [9.17, 15) is 14.7 Å². The molecule has 6 nitrogen and oxygen atoms in total. The molecule has 1 N–H and O–H groups in total. The molecule has 0 saturated carbocycles. The van der Waals surface area contributed by atoms with Gasteiger partial charge in [0.25, 0.3) is 11.7 Å². The molecular formula is C29H26N2O4. The first-order valence-electron chi connectivity index (χ1n) is 11.5. The molecule has 0 radical (unpaired) electrons. The zero-order valence-corrected chi connectivity index (χ0v) is 19.9. The number of hydrogen-bond donors (Lipinski definition) is 1. The van der Waals surface area contributed by atoms with Crippen LogP contribution < -0.4 is 9.64 Å². The summed E-state index contributed by atoms with van der Waals surface area (Å²) in [6.07, 6.45) is 0. The summed E-state index contributed by atoms with van der Waals surface area (Å²) < 4.78 is 5.73. The van der Waals surface area contributed by atoms with Gasteiger partial charge in [0.05, 0.1) is 29.9 Å². The smallest absolute Gasteiger partial charge is 0.300 e. The summed E-state index contributed by atoms with van der Waals surface area (Å²) in [5, 5.41) is 20.5. The minimum Gasteiger partial charge on any atom is -0.507 e. The number of anilines is 1.